The Hall–Kier alpha value is -2.08. The van der Waals surface area contributed by atoms with Gasteiger partial charge in [-0.1, -0.05) is 19.9 Å². The number of likely N-dealkylation sites (tertiary alicyclic amines) is 1. The molecule has 6 nitrogen and oxygen atoms in total. The van der Waals surface area contributed by atoms with Crippen molar-refractivity contribution in [3.63, 3.8) is 0 Å². The maximum atomic E-state index is 12.4. The van der Waals surface area contributed by atoms with Crippen LogP contribution < -0.4 is 5.32 Å². The van der Waals surface area contributed by atoms with Crippen molar-refractivity contribution < 1.29 is 14.7 Å². The number of fused-ring (bicyclic) bond motifs is 1. The number of hydrogen-bond acceptors (Lipinski definition) is 3. The second kappa shape index (κ2) is 5.53. The molecule has 2 N–H and O–H groups in total. The zero-order valence-electron chi connectivity index (χ0n) is 13.8. The lowest BCUT2D eigenvalue weighted by Crippen LogP contribution is -2.35. The largest absolute Gasteiger partial charge is 0.391 e. The third kappa shape index (κ3) is 2.91. The molecule has 1 unspecified atom stereocenters. The van der Waals surface area contributed by atoms with Crippen molar-refractivity contribution in [1.29, 1.82) is 0 Å². The van der Waals surface area contributed by atoms with Gasteiger partial charge in [-0.05, 0) is 24.1 Å². The number of rotatable bonds is 1. The van der Waals surface area contributed by atoms with Gasteiger partial charge in [0.15, 0.2) is 0 Å². The van der Waals surface area contributed by atoms with Crippen molar-refractivity contribution in [2.75, 3.05) is 32.0 Å². The van der Waals surface area contributed by atoms with Crippen molar-refractivity contribution in [3.05, 3.63) is 29.3 Å². The summed E-state index contributed by atoms with van der Waals surface area (Å²) >= 11 is 0. The highest BCUT2D eigenvalue weighted by Crippen LogP contribution is 2.30. The van der Waals surface area contributed by atoms with E-state index in [1.807, 2.05) is 26.0 Å². The van der Waals surface area contributed by atoms with E-state index in [1.54, 1.807) is 22.9 Å². The van der Waals surface area contributed by atoms with E-state index in [0.717, 1.165) is 18.5 Å². The van der Waals surface area contributed by atoms with Crippen molar-refractivity contribution in [3.8, 4) is 0 Å². The van der Waals surface area contributed by atoms with Gasteiger partial charge in [0.25, 0.3) is 5.91 Å². The Bertz CT molecular complexity index is 656. The monoisotopic (exact) mass is 317 g/mol. The summed E-state index contributed by atoms with van der Waals surface area (Å²) in [7, 11) is 1.78. The second-order valence-electron chi connectivity index (χ2n) is 7.16. The molecule has 0 saturated carbocycles. The number of benzene rings is 1. The van der Waals surface area contributed by atoms with E-state index < -0.39 is 6.10 Å². The van der Waals surface area contributed by atoms with E-state index in [0.29, 0.717) is 24.3 Å². The molecular formula is C17H23N3O3. The van der Waals surface area contributed by atoms with Crippen molar-refractivity contribution in [1.82, 2.24) is 9.80 Å². The van der Waals surface area contributed by atoms with Crippen molar-refractivity contribution in [2.45, 2.75) is 26.4 Å². The van der Waals surface area contributed by atoms with Gasteiger partial charge in [-0.3, -0.25) is 4.79 Å². The number of aliphatic hydroxyl groups excluding tert-OH is 1. The molecule has 0 radical (unpaired) electrons. The first-order chi connectivity index (χ1) is 10.8. The van der Waals surface area contributed by atoms with Gasteiger partial charge < -0.3 is 20.2 Å². The zero-order chi connectivity index (χ0) is 16.8. The van der Waals surface area contributed by atoms with Crippen LogP contribution in [0.4, 0.5) is 10.5 Å². The van der Waals surface area contributed by atoms with E-state index in [9.17, 15) is 14.7 Å². The summed E-state index contributed by atoms with van der Waals surface area (Å²) in [4.78, 5) is 27.9. The molecule has 3 amide bonds. The maximum absolute atomic E-state index is 12.4. The van der Waals surface area contributed by atoms with Gasteiger partial charge in [-0.15, -0.1) is 0 Å². The Morgan fingerprint density at radius 2 is 2.13 bits per heavy atom. The number of hydrogen-bond donors (Lipinski definition) is 2. The molecular weight excluding hydrogens is 294 g/mol. The molecule has 1 saturated heterocycles. The summed E-state index contributed by atoms with van der Waals surface area (Å²) in [5.41, 5.74) is 1.98. The average Bonchev–Trinajstić information content (AvgIpc) is 2.77. The predicted octanol–water partition coefficient (Wildman–Crippen LogP) is 1.55. The summed E-state index contributed by atoms with van der Waals surface area (Å²) in [6.45, 7) is 5.44. The summed E-state index contributed by atoms with van der Waals surface area (Å²) < 4.78 is 0. The fourth-order valence-corrected chi connectivity index (χ4v) is 3.14. The summed E-state index contributed by atoms with van der Waals surface area (Å²) in [5, 5.41) is 12.8. The lowest BCUT2D eigenvalue weighted by atomic mass is 9.90. The molecule has 2 aliphatic rings. The van der Waals surface area contributed by atoms with Gasteiger partial charge in [0.2, 0.25) is 0 Å². The molecule has 0 bridgehead atoms. The van der Waals surface area contributed by atoms with Crippen LogP contribution in [0.1, 0.15) is 29.8 Å². The molecule has 0 aliphatic carbocycles. The predicted molar refractivity (Wildman–Crippen MR) is 87.5 cm³/mol. The highest BCUT2D eigenvalue weighted by molar-refractivity contribution is 5.99. The third-order valence-corrected chi connectivity index (χ3v) is 4.84. The normalized spacial score (nSPS) is 23.0. The van der Waals surface area contributed by atoms with Crippen LogP contribution in [0, 0.1) is 5.41 Å². The van der Waals surface area contributed by atoms with E-state index >= 15 is 0 Å². The topological polar surface area (TPSA) is 72.9 Å². The van der Waals surface area contributed by atoms with Crippen molar-refractivity contribution >= 4 is 17.6 Å². The van der Waals surface area contributed by atoms with Gasteiger partial charge in [-0.2, -0.15) is 0 Å². The van der Waals surface area contributed by atoms with Gasteiger partial charge >= 0.3 is 6.03 Å². The minimum atomic E-state index is -0.521. The first-order valence-electron chi connectivity index (χ1n) is 7.90. The lowest BCUT2D eigenvalue weighted by Gasteiger charge is -2.25. The highest BCUT2D eigenvalue weighted by atomic mass is 16.3. The van der Waals surface area contributed by atoms with Gasteiger partial charge in [-0.25, -0.2) is 4.79 Å². The number of β-amino-alcohol motifs (C(OH)–C–C–N with tert-alkyl or cyclic N) is 1. The van der Waals surface area contributed by atoms with E-state index in [4.69, 9.17) is 0 Å². The maximum Gasteiger partial charge on any atom is 0.321 e. The summed E-state index contributed by atoms with van der Waals surface area (Å²) in [5.74, 6) is -0.0138. The van der Waals surface area contributed by atoms with Crippen LogP contribution in [0.3, 0.4) is 0 Å². The molecule has 1 aromatic carbocycles. The molecule has 0 aromatic heterocycles. The third-order valence-electron chi connectivity index (χ3n) is 4.84. The van der Waals surface area contributed by atoms with Gasteiger partial charge in [0.05, 0.1) is 6.10 Å². The number of carbonyl (C=O) groups is 2. The number of carbonyl (C=O) groups excluding carboxylic acids is 2. The number of nitrogens with zero attached hydrogens (tertiary/aromatic N) is 2. The van der Waals surface area contributed by atoms with Crippen LogP contribution in [0.2, 0.25) is 0 Å². The Morgan fingerprint density at radius 3 is 2.78 bits per heavy atom. The van der Waals surface area contributed by atoms with Crippen LogP contribution in [-0.2, 0) is 6.42 Å². The number of likely N-dealkylation sites (N-methyl/N-ethyl adjacent to an activating group) is 1. The lowest BCUT2D eigenvalue weighted by molar-refractivity contribution is 0.0781. The summed E-state index contributed by atoms with van der Waals surface area (Å²) in [6.07, 6.45) is 0.310. The number of amides is 3. The SMILES string of the molecule is CN1CCc2ccc(NC(=O)N3CC(O)C(C)(C)C3)cc2C1=O. The molecule has 6 heteroatoms. The fourth-order valence-electron chi connectivity index (χ4n) is 3.14. The number of aliphatic hydroxyl groups is 1. The Labute approximate surface area is 136 Å². The van der Waals surface area contributed by atoms with E-state index in [1.165, 1.54) is 0 Å². The van der Waals surface area contributed by atoms with Gasteiger partial charge in [0.1, 0.15) is 0 Å². The Balaban J connectivity index is 1.74. The minimum Gasteiger partial charge on any atom is -0.391 e. The zero-order valence-corrected chi connectivity index (χ0v) is 13.8. The van der Waals surface area contributed by atoms with Crippen LogP contribution in [0.15, 0.2) is 18.2 Å². The molecule has 124 valence electrons. The number of urea groups is 1. The molecule has 23 heavy (non-hydrogen) atoms. The second-order valence-corrected chi connectivity index (χ2v) is 7.16. The van der Waals surface area contributed by atoms with Crippen LogP contribution in [0.5, 0.6) is 0 Å². The fraction of sp³-hybridized carbons (Fsp3) is 0.529. The van der Waals surface area contributed by atoms with Gasteiger partial charge in [0, 0.05) is 43.3 Å². The Kier molecular flexibility index (Phi) is 3.80. The van der Waals surface area contributed by atoms with Crippen LogP contribution in [0.25, 0.3) is 0 Å². The minimum absolute atomic E-state index is 0.0138. The van der Waals surface area contributed by atoms with Crippen LogP contribution >= 0.6 is 0 Å². The number of anilines is 1. The Morgan fingerprint density at radius 1 is 1.39 bits per heavy atom. The summed E-state index contributed by atoms with van der Waals surface area (Å²) in [6, 6.07) is 5.22. The number of nitrogens with one attached hydrogen (secondary N) is 1. The molecule has 1 atom stereocenters. The molecule has 3 rings (SSSR count). The molecule has 0 spiro atoms. The average molecular weight is 317 g/mol. The van der Waals surface area contributed by atoms with E-state index in [-0.39, 0.29) is 17.4 Å². The smallest absolute Gasteiger partial charge is 0.321 e. The van der Waals surface area contributed by atoms with Crippen molar-refractivity contribution in [2.24, 2.45) is 5.41 Å². The van der Waals surface area contributed by atoms with E-state index in [2.05, 4.69) is 5.32 Å². The quantitative estimate of drug-likeness (QED) is 0.825. The highest BCUT2D eigenvalue weighted by Gasteiger charge is 2.40. The molecule has 2 heterocycles. The first-order valence-corrected chi connectivity index (χ1v) is 7.90. The molecule has 1 fully saturated rings. The first kappa shape index (κ1) is 15.8. The van der Waals surface area contributed by atoms with Crippen LogP contribution in [-0.4, -0.2) is 59.6 Å². The standard InChI is InChI=1S/C17H23N3O3/c1-17(2)10-20(9-14(17)21)16(23)18-12-5-4-11-6-7-19(3)15(22)13(11)8-12/h4-5,8,14,21H,6-7,9-10H2,1-3H3,(H,18,23). The molecule has 1 aromatic rings. The molecule has 2 aliphatic heterocycles.